The van der Waals surface area contributed by atoms with Crippen LogP contribution >= 0.6 is 0 Å². The first-order chi connectivity index (χ1) is 27.0. The molecule has 2 rings (SSSR count). The molecule has 1 aromatic heterocycles. The number of carboxylic acid groups (broad SMARTS) is 2. The number of carbonyl (C=O) groups is 7. The molecule has 22 heteroatoms. The van der Waals surface area contributed by atoms with Gasteiger partial charge in [-0.25, -0.2) is 14.6 Å². The Morgan fingerprint density at radius 2 is 1.58 bits per heavy atom. The first-order valence-electron chi connectivity index (χ1n) is 17.8. The summed E-state index contributed by atoms with van der Waals surface area (Å²) in [7, 11) is 0. The second-order valence-corrected chi connectivity index (χ2v) is 12.8. The third-order valence-corrected chi connectivity index (χ3v) is 7.73. The van der Waals surface area contributed by atoms with Gasteiger partial charge in [0.1, 0.15) is 23.9 Å². The highest BCUT2D eigenvalue weighted by molar-refractivity contribution is 5.95. The molecular weight excluding hydrogens is 748 g/mol. The molecule has 1 heterocycles. The van der Waals surface area contributed by atoms with Crippen LogP contribution in [0.5, 0.6) is 5.75 Å². The first kappa shape index (κ1) is 46.4. The van der Waals surface area contributed by atoms with Crippen molar-refractivity contribution in [1.82, 2.24) is 31.6 Å². The molecule has 2 aromatic rings. The molecule has 1 aromatic carbocycles. The Morgan fingerprint density at radius 1 is 0.860 bits per heavy atom. The van der Waals surface area contributed by atoms with E-state index in [0.29, 0.717) is 23.6 Å². The topological polar surface area (TPSA) is 357 Å². The van der Waals surface area contributed by atoms with Gasteiger partial charge in [-0.3, -0.25) is 29.0 Å². The van der Waals surface area contributed by atoms with Crippen LogP contribution in [0.15, 0.2) is 63.9 Å². The van der Waals surface area contributed by atoms with Gasteiger partial charge in [-0.05, 0) is 55.0 Å². The average molecular weight is 799 g/mol. The Labute approximate surface area is 327 Å². The van der Waals surface area contributed by atoms with Crippen LogP contribution in [0.2, 0.25) is 0 Å². The molecule has 0 bridgehead atoms. The maximum absolute atomic E-state index is 13.4. The van der Waals surface area contributed by atoms with E-state index in [1.807, 2.05) is 0 Å². The van der Waals surface area contributed by atoms with Crippen LogP contribution in [0.1, 0.15) is 45.1 Å². The monoisotopic (exact) mass is 798 g/mol. The van der Waals surface area contributed by atoms with Crippen molar-refractivity contribution in [2.75, 3.05) is 26.2 Å². The number of guanidine groups is 1. The lowest BCUT2D eigenvalue weighted by Crippen LogP contribution is -2.58. The third-order valence-electron chi connectivity index (χ3n) is 7.73. The molecule has 6 amide bonds. The van der Waals surface area contributed by atoms with Gasteiger partial charge in [0.2, 0.25) is 23.6 Å². The normalized spacial score (nSPS) is 13.0. The number of aromatic nitrogens is 1. The quantitative estimate of drug-likeness (QED) is 0.0265. The Kier molecular flexibility index (Phi) is 20.1. The fraction of sp³-hybridized carbons (Fsp3) is 0.457. The molecule has 0 radical (unpaired) electrons. The van der Waals surface area contributed by atoms with E-state index in [2.05, 4.69) is 46.8 Å². The van der Waals surface area contributed by atoms with Crippen LogP contribution in [-0.4, -0.2) is 113 Å². The maximum Gasteiger partial charge on any atom is 0.359 e. The number of hydrogen-bond donors (Lipinski definition) is 10. The van der Waals surface area contributed by atoms with E-state index in [0.717, 1.165) is 0 Å². The molecule has 0 saturated carbocycles. The maximum atomic E-state index is 13.4. The fourth-order valence-electron chi connectivity index (χ4n) is 4.81. The Morgan fingerprint density at radius 3 is 2.19 bits per heavy atom. The second-order valence-electron chi connectivity index (χ2n) is 12.8. The summed E-state index contributed by atoms with van der Waals surface area (Å²) in [5.74, 6) is -5.85. The standard InChI is InChI=1S/C35H50N12O10/c1-20(2)29(45-31(52)24(7-5-14-40-34(37)38)43-27(48)19-42-30(51)23(36)18-28(49)50)32(53)44-25(33(54)55)17-21-9-11-22(12-10-21)57-16-6-15-41-35(56)47-46-26-8-3-4-13-39-26/h3-4,8-13,20,23-25,29H,5-7,14-19,36H2,1-2H3,(H,41,56)(H,42,51)(H,43,48)(H,44,53)(H,45,52)(H,49,50)(H,54,55)(H4,37,38,40)/b47-46+/t23-,24+,25-,29-/m1/s1. The highest BCUT2D eigenvalue weighted by atomic mass is 16.5. The molecule has 22 nitrogen and oxygen atoms in total. The number of nitrogens with two attached hydrogens (primary N) is 3. The molecule has 0 spiro atoms. The van der Waals surface area contributed by atoms with E-state index < -0.39 is 84.6 Å². The van der Waals surface area contributed by atoms with Gasteiger partial charge in [-0.1, -0.05) is 37.2 Å². The molecule has 0 aliphatic carbocycles. The highest BCUT2D eigenvalue weighted by Gasteiger charge is 2.31. The number of amides is 6. The van der Waals surface area contributed by atoms with E-state index >= 15 is 0 Å². The third kappa shape index (κ3) is 18.9. The zero-order chi connectivity index (χ0) is 42.3. The lowest BCUT2D eigenvalue weighted by Gasteiger charge is -2.26. The predicted octanol–water partition coefficient (Wildman–Crippen LogP) is -0.947. The van der Waals surface area contributed by atoms with Crippen LogP contribution in [0.4, 0.5) is 10.6 Å². The van der Waals surface area contributed by atoms with Gasteiger partial charge in [0.25, 0.3) is 0 Å². The summed E-state index contributed by atoms with van der Waals surface area (Å²) in [6, 6.07) is 5.68. The molecule has 13 N–H and O–H groups in total. The lowest BCUT2D eigenvalue weighted by atomic mass is 10.0. The summed E-state index contributed by atoms with van der Waals surface area (Å²) in [6.07, 6.45) is 1.43. The van der Waals surface area contributed by atoms with E-state index in [4.69, 9.17) is 27.0 Å². The van der Waals surface area contributed by atoms with Gasteiger partial charge in [0.05, 0.1) is 25.6 Å². The lowest BCUT2D eigenvalue weighted by molar-refractivity contribution is -0.142. The fourth-order valence-corrected chi connectivity index (χ4v) is 4.81. The van der Waals surface area contributed by atoms with Crippen molar-refractivity contribution >= 4 is 53.4 Å². The van der Waals surface area contributed by atoms with Gasteiger partial charge in [0, 0.05) is 25.7 Å². The molecule has 0 fully saturated rings. The molecule has 57 heavy (non-hydrogen) atoms. The number of rotatable bonds is 24. The van der Waals surface area contributed by atoms with Gasteiger partial charge >= 0.3 is 18.0 Å². The zero-order valence-electron chi connectivity index (χ0n) is 31.6. The first-order valence-corrected chi connectivity index (χ1v) is 17.8. The second kappa shape index (κ2) is 24.6. The Balaban J connectivity index is 1.96. The summed E-state index contributed by atoms with van der Waals surface area (Å²) < 4.78 is 5.69. The number of azo groups is 1. The van der Waals surface area contributed by atoms with Crippen LogP contribution in [0, 0.1) is 5.92 Å². The average Bonchev–Trinajstić information content (AvgIpc) is 3.16. The number of pyridine rings is 1. The molecule has 0 aliphatic rings. The van der Waals surface area contributed by atoms with Crippen molar-refractivity contribution in [3.8, 4) is 5.75 Å². The number of nitrogens with zero attached hydrogens (tertiary/aromatic N) is 4. The number of benzene rings is 1. The van der Waals surface area contributed by atoms with Crippen molar-refractivity contribution in [3.63, 3.8) is 0 Å². The highest BCUT2D eigenvalue weighted by Crippen LogP contribution is 2.15. The summed E-state index contributed by atoms with van der Waals surface area (Å²) in [4.78, 5) is 94.2. The molecule has 0 saturated heterocycles. The number of urea groups is 1. The Bertz CT molecular complexity index is 1720. The minimum absolute atomic E-state index is 0.00135. The van der Waals surface area contributed by atoms with Crippen LogP contribution in [-0.2, 0) is 35.2 Å². The number of ether oxygens (including phenoxy) is 1. The smallest absolute Gasteiger partial charge is 0.359 e. The largest absolute Gasteiger partial charge is 0.494 e. The van der Waals surface area contributed by atoms with Crippen molar-refractivity contribution < 1.29 is 48.5 Å². The number of hydrogen-bond acceptors (Lipinski definition) is 12. The zero-order valence-corrected chi connectivity index (χ0v) is 31.6. The van der Waals surface area contributed by atoms with Crippen molar-refractivity contribution in [3.05, 3.63) is 54.2 Å². The van der Waals surface area contributed by atoms with Crippen molar-refractivity contribution in [2.24, 2.45) is 38.3 Å². The molecular formula is C35H50N12O10. The molecule has 310 valence electrons. The van der Waals surface area contributed by atoms with Gasteiger partial charge < -0.3 is 58.7 Å². The number of aliphatic carboxylic acids is 2. The SMILES string of the molecule is CC(C)[C@@H](NC(=O)[C@H](CCCN=C(N)N)NC(=O)CNC(=O)[C@H](N)CC(=O)O)C(=O)N[C@H](Cc1ccc(OCCCNC(=O)/N=N/c2ccccn2)cc1)C(=O)O. The molecule has 0 unspecified atom stereocenters. The van der Waals surface area contributed by atoms with E-state index in [1.54, 1.807) is 56.3 Å². The van der Waals surface area contributed by atoms with Crippen molar-refractivity contribution in [1.29, 1.82) is 0 Å². The van der Waals surface area contributed by atoms with E-state index in [1.165, 1.54) is 6.20 Å². The summed E-state index contributed by atoms with van der Waals surface area (Å²) in [5.41, 5.74) is 16.8. The number of nitrogens with one attached hydrogen (secondary N) is 5. The van der Waals surface area contributed by atoms with Gasteiger partial charge in [0.15, 0.2) is 11.8 Å². The van der Waals surface area contributed by atoms with Crippen molar-refractivity contribution in [2.45, 2.75) is 70.1 Å². The van der Waals surface area contributed by atoms with Crippen LogP contribution in [0.25, 0.3) is 0 Å². The molecule has 4 atom stereocenters. The van der Waals surface area contributed by atoms with Gasteiger partial charge in [-0.15, -0.1) is 5.11 Å². The summed E-state index contributed by atoms with van der Waals surface area (Å²) in [5, 5.41) is 38.3. The summed E-state index contributed by atoms with van der Waals surface area (Å²) >= 11 is 0. The van der Waals surface area contributed by atoms with E-state index in [-0.39, 0.29) is 44.9 Å². The predicted molar refractivity (Wildman–Crippen MR) is 204 cm³/mol. The number of carbonyl (C=O) groups excluding carboxylic acids is 5. The minimum atomic E-state index is -1.41. The van der Waals surface area contributed by atoms with Gasteiger partial charge in [-0.2, -0.15) is 0 Å². The Hall–Kier alpha value is -6.71. The number of aliphatic imine (C=N–C) groups is 1. The van der Waals surface area contributed by atoms with Crippen LogP contribution in [0.3, 0.4) is 0 Å². The number of carboxylic acids is 2. The van der Waals surface area contributed by atoms with Crippen LogP contribution < -0.4 is 48.5 Å². The minimum Gasteiger partial charge on any atom is -0.494 e. The summed E-state index contributed by atoms with van der Waals surface area (Å²) in [6.45, 7) is 3.26. The van der Waals surface area contributed by atoms with E-state index in [9.17, 15) is 38.7 Å². The molecule has 0 aliphatic heterocycles.